The number of aromatic nitrogens is 2. The van der Waals surface area contributed by atoms with E-state index in [0.717, 1.165) is 19.1 Å². The van der Waals surface area contributed by atoms with Gasteiger partial charge >= 0.3 is 0 Å². The number of Topliss-reactive ketones (excluding diaryl/α,β-unsaturated/α-hetero) is 1. The molecule has 186 valence electrons. The van der Waals surface area contributed by atoms with Crippen molar-refractivity contribution < 1.29 is 27.8 Å². The van der Waals surface area contributed by atoms with Crippen molar-refractivity contribution in [2.75, 3.05) is 26.9 Å². The molecule has 4 atom stereocenters. The Kier molecular flexibility index (Phi) is 6.27. The summed E-state index contributed by atoms with van der Waals surface area (Å²) in [6.45, 7) is 3.29. The van der Waals surface area contributed by atoms with E-state index in [1.807, 2.05) is 0 Å². The first-order valence-electron chi connectivity index (χ1n) is 11.4. The minimum absolute atomic E-state index is 0.0558. The van der Waals surface area contributed by atoms with Crippen LogP contribution in [0.25, 0.3) is 0 Å². The number of rotatable bonds is 9. The van der Waals surface area contributed by atoms with Gasteiger partial charge < -0.3 is 19.9 Å². The van der Waals surface area contributed by atoms with E-state index < -0.39 is 17.2 Å². The Morgan fingerprint density at radius 3 is 2.77 bits per heavy atom. The first-order chi connectivity index (χ1) is 16.7. The highest BCUT2D eigenvalue weighted by atomic mass is 32.2. The summed E-state index contributed by atoms with van der Waals surface area (Å²) in [5.41, 5.74) is 5.52. The number of hydrogen-bond acceptors (Lipinski definition) is 9. The van der Waals surface area contributed by atoms with E-state index in [1.165, 1.54) is 30.2 Å². The van der Waals surface area contributed by atoms with Gasteiger partial charge in [-0.05, 0) is 31.0 Å². The summed E-state index contributed by atoms with van der Waals surface area (Å²) >= 11 is 1.42. The number of nitrogens with zero attached hydrogens (tertiary/aromatic N) is 3. The Balaban J connectivity index is 1.35. The van der Waals surface area contributed by atoms with Gasteiger partial charge in [-0.1, -0.05) is 11.8 Å². The molecule has 1 aromatic heterocycles. The number of halogens is 2. The molecule has 0 bridgehead atoms. The molecule has 5 rings (SSSR count). The van der Waals surface area contributed by atoms with E-state index in [9.17, 15) is 9.18 Å². The summed E-state index contributed by atoms with van der Waals surface area (Å²) < 4.78 is 45.6. The maximum Gasteiger partial charge on any atom is 0.232 e. The van der Waals surface area contributed by atoms with Gasteiger partial charge in [0.2, 0.25) is 5.88 Å². The maximum atomic E-state index is 15.1. The van der Waals surface area contributed by atoms with Crippen molar-refractivity contribution in [1.29, 1.82) is 0 Å². The van der Waals surface area contributed by atoms with E-state index in [0.29, 0.717) is 30.4 Å². The zero-order chi connectivity index (χ0) is 24.8. The van der Waals surface area contributed by atoms with Crippen molar-refractivity contribution in [2.45, 2.75) is 42.6 Å². The molecule has 3 heterocycles. The van der Waals surface area contributed by atoms with Crippen LogP contribution in [0.4, 0.5) is 8.78 Å². The van der Waals surface area contributed by atoms with Gasteiger partial charge in [0, 0.05) is 38.0 Å². The Morgan fingerprint density at radius 2 is 2.11 bits per heavy atom. The fourth-order valence-corrected chi connectivity index (χ4v) is 6.30. The van der Waals surface area contributed by atoms with Crippen LogP contribution < -0.4 is 10.5 Å². The molecule has 1 aromatic carbocycles. The third kappa shape index (κ3) is 4.52. The fraction of sp³-hybridized carbons (Fsp3) is 0.500. The number of fused-ring (bicyclic) bond motifs is 1. The lowest BCUT2D eigenvalue weighted by molar-refractivity contribution is -0.0727. The zero-order valence-electron chi connectivity index (χ0n) is 19.4. The molecule has 2 aliphatic heterocycles. The van der Waals surface area contributed by atoms with Crippen LogP contribution in [0.3, 0.4) is 0 Å². The second-order valence-corrected chi connectivity index (χ2v) is 10.8. The largest absolute Gasteiger partial charge is 0.474 e. The minimum atomic E-state index is -1.07. The van der Waals surface area contributed by atoms with Gasteiger partial charge in [-0.3, -0.25) is 9.79 Å². The number of carbonyl (C=O) groups excluding carboxylic acids is 1. The lowest BCUT2D eigenvalue weighted by atomic mass is 9.84. The summed E-state index contributed by atoms with van der Waals surface area (Å²) in [5.74, 6) is -2.19. The van der Waals surface area contributed by atoms with E-state index in [1.54, 1.807) is 14.0 Å². The number of ketones is 1. The molecule has 2 fully saturated rings. The highest BCUT2D eigenvalue weighted by molar-refractivity contribution is 8.15. The smallest absolute Gasteiger partial charge is 0.232 e. The Hall–Kier alpha value is -2.63. The number of nitrogens with two attached hydrogens (primary N) is 1. The highest BCUT2D eigenvalue weighted by Crippen LogP contribution is 2.66. The molecule has 1 saturated heterocycles. The van der Waals surface area contributed by atoms with Crippen molar-refractivity contribution in [3.8, 4) is 5.88 Å². The molecule has 11 heteroatoms. The van der Waals surface area contributed by atoms with Gasteiger partial charge in [-0.25, -0.2) is 18.7 Å². The van der Waals surface area contributed by atoms with Crippen LogP contribution in [0.15, 0.2) is 29.5 Å². The van der Waals surface area contributed by atoms with Gasteiger partial charge in [0.25, 0.3) is 0 Å². The number of carbonyl (C=O) groups is 1. The van der Waals surface area contributed by atoms with Crippen LogP contribution in [0.1, 0.15) is 41.4 Å². The minimum Gasteiger partial charge on any atom is -0.474 e. The van der Waals surface area contributed by atoms with E-state index in [-0.39, 0.29) is 46.1 Å². The van der Waals surface area contributed by atoms with Gasteiger partial charge in [-0.15, -0.1) is 0 Å². The number of thioether (sulfide) groups is 1. The van der Waals surface area contributed by atoms with Crippen molar-refractivity contribution in [3.05, 3.63) is 53.0 Å². The predicted molar refractivity (Wildman–Crippen MR) is 126 cm³/mol. The molecule has 0 amide bonds. The maximum absolute atomic E-state index is 15.1. The van der Waals surface area contributed by atoms with Crippen molar-refractivity contribution in [1.82, 2.24) is 9.97 Å². The van der Waals surface area contributed by atoms with Crippen molar-refractivity contribution in [2.24, 2.45) is 16.6 Å². The van der Waals surface area contributed by atoms with Gasteiger partial charge in [0.15, 0.2) is 22.6 Å². The molecule has 35 heavy (non-hydrogen) atoms. The molecule has 3 aliphatic rings. The average Bonchev–Trinajstić information content (AvgIpc) is 3.50. The molecular formula is C24H26F2N4O4S. The van der Waals surface area contributed by atoms with Crippen LogP contribution in [-0.4, -0.2) is 58.7 Å². The lowest BCUT2D eigenvalue weighted by Crippen LogP contribution is -2.38. The SMILES string of the molecule is COC[C@]12C[C@H]1[C@@](C)(c1cc(CC(=O)c3cnc(OCC4CCO4)cn3)cc(F)c1F)N=C(N)S2. The molecular weight excluding hydrogens is 478 g/mol. The first-order valence-corrected chi connectivity index (χ1v) is 12.2. The quantitative estimate of drug-likeness (QED) is 0.519. The molecule has 0 spiro atoms. The van der Waals surface area contributed by atoms with Crippen molar-refractivity contribution >= 4 is 22.7 Å². The first kappa shape index (κ1) is 24.1. The summed E-state index contributed by atoms with van der Waals surface area (Å²) in [6, 6.07) is 2.53. The van der Waals surface area contributed by atoms with Crippen LogP contribution in [-0.2, 0) is 21.4 Å². The zero-order valence-corrected chi connectivity index (χ0v) is 20.2. The van der Waals surface area contributed by atoms with Gasteiger partial charge in [-0.2, -0.15) is 0 Å². The van der Waals surface area contributed by atoms with Crippen LogP contribution >= 0.6 is 11.8 Å². The second-order valence-electron chi connectivity index (χ2n) is 9.33. The number of benzene rings is 1. The number of hydrogen-bond donors (Lipinski definition) is 1. The van der Waals surface area contributed by atoms with Gasteiger partial charge in [0.05, 0.1) is 35.4 Å². The highest BCUT2D eigenvalue weighted by Gasteiger charge is 2.66. The van der Waals surface area contributed by atoms with E-state index >= 15 is 4.39 Å². The normalized spacial score (nSPS) is 29.1. The topological polar surface area (TPSA) is 109 Å². The second kappa shape index (κ2) is 9.11. The Labute approximate surface area is 205 Å². The summed E-state index contributed by atoms with van der Waals surface area (Å²) in [4.78, 5) is 25.6. The Bertz CT molecular complexity index is 1180. The van der Waals surface area contributed by atoms with Gasteiger partial charge in [0.1, 0.15) is 12.3 Å². The van der Waals surface area contributed by atoms with Crippen LogP contribution in [0, 0.1) is 17.6 Å². The fourth-order valence-electron chi connectivity index (χ4n) is 4.85. The predicted octanol–water partition coefficient (Wildman–Crippen LogP) is 3.03. The lowest BCUT2D eigenvalue weighted by Gasteiger charge is -2.34. The van der Waals surface area contributed by atoms with E-state index in [4.69, 9.17) is 19.9 Å². The Morgan fingerprint density at radius 1 is 1.31 bits per heavy atom. The molecule has 1 aliphatic carbocycles. The number of methoxy groups -OCH3 is 1. The number of amidine groups is 1. The number of ether oxygens (including phenoxy) is 3. The van der Waals surface area contributed by atoms with Crippen LogP contribution in [0.5, 0.6) is 5.88 Å². The third-order valence-electron chi connectivity index (χ3n) is 6.86. The standard InChI is InChI=1S/C24H26F2N4O4S/c1-23(19-8-24(19,12-32-2)35-22(27)30-23)15-5-13(6-16(25)21(15)26)7-18(31)17-9-29-20(10-28-17)34-11-14-3-4-33-14/h5-6,9-10,14,19H,3-4,7-8,11-12H2,1-2H3,(H2,27,30)/t14?,19-,23+,24+/m0/s1. The van der Waals surface area contributed by atoms with Crippen molar-refractivity contribution in [3.63, 3.8) is 0 Å². The van der Waals surface area contributed by atoms with Crippen LogP contribution in [0.2, 0.25) is 0 Å². The average molecular weight is 505 g/mol. The van der Waals surface area contributed by atoms with E-state index in [2.05, 4.69) is 15.0 Å². The summed E-state index contributed by atoms with van der Waals surface area (Å²) in [6.07, 6.45) is 4.21. The third-order valence-corrected chi connectivity index (χ3v) is 8.14. The summed E-state index contributed by atoms with van der Waals surface area (Å²) in [5, 5.41) is 0.307. The summed E-state index contributed by atoms with van der Waals surface area (Å²) in [7, 11) is 1.60. The molecule has 8 nitrogen and oxygen atoms in total. The molecule has 1 saturated carbocycles. The molecule has 2 aromatic rings. The molecule has 0 radical (unpaired) electrons. The number of aliphatic imine (C=N–C) groups is 1. The monoisotopic (exact) mass is 504 g/mol. The molecule has 1 unspecified atom stereocenters. The molecule has 2 N–H and O–H groups in total.